The van der Waals surface area contributed by atoms with Crippen molar-refractivity contribution in [2.75, 3.05) is 25.6 Å². The Kier molecular flexibility index (Phi) is 5.51. The molecule has 0 bridgehead atoms. The van der Waals surface area contributed by atoms with Crippen molar-refractivity contribution >= 4 is 23.2 Å². The molecule has 5 nitrogen and oxygen atoms in total. The maximum Gasteiger partial charge on any atom is 0.235 e. The van der Waals surface area contributed by atoms with E-state index in [0.717, 1.165) is 22.6 Å². The van der Waals surface area contributed by atoms with Crippen molar-refractivity contribution in [3.63, 3.8) is 0 Å². The number of nitrogens with one attached hydrogen (secondary N) is 1. The number of carbonyl (C=O) groups is 1. The van der Waals surface area contributed by atoms with Crippen LogP contribution < -0.4 is 10.1 Å². The third-order valence-corrected chi connectivity index (χ3v) is 4.73. The standard InChI is InChI=1S/C20H22ClNO4/c1-13-10-16(24-3)8-9-17(13)22-19(23)20(2)11-25-18(26-12-20)14-4-6-15(21)7-5-14/h4-10,18H,11-12H2,1-3H3,(H,22,23). The number of anilines is 1. The van der Waals surface area contributed by atoms with E-state index in [0.29, 0.717) is 5.02 Å². The summed E-state index contributed by atoms with van der Waals surface area (Å²) < 4.78 is 16.8. The SMILES string of the molecule is COc1ccc(NC(=O)C2(C)COC(c3ccc(Cl)cc3)OC2)c(C)c1. The van der Waals surface area contributed by atoms with E-state index < -0.39 is 11.7 Å². The molecule has 1 saturated heterocycles. The predicted octanol–water partition coefficient (Wildman–Crippen LogP) is 4.35. The van der Waals surface area contributed by atoms with Crippen LogP contribution >= 0.6 is 11.6 Å². The second-order valence-corrected chi connectivity index (χ2v) is 7.14. The Morgan fingerprint density at radius 2 is 1.85 bits per heavy atom. The van der Waals surface area contributed by atoms with Gasteiger partial charge in [0, 0.05) is 16.3 Å². The van der Waals surface area contributed by atoms with E-state index in [1.807, 2.05) is 44.2 Å². The van der Waals surface area contributed by atoms with Crippen LogP contribution in [-0.2, 0) is 14.3 Å². The van der Waals surface area contributed by atoms with E-state index in [2.05, 4.69) is 5.32 Å². The number of ether oxygens (including phenoxy) is 3. The lowest BCUT2D eigenvalue weighted by molar-refractivity contribution is -0.226. The van der Waals surface area contributed by atoms with E-state index in [9.17, 15) is 4.79 Å². The summed E-state index contributed by atoms with van der Waals surface area (Å²) in [4.78, 5) is 12.8. The van der Waals surface area contributed by atoms with E-state index >= 15 is 0 Å². The molecule has 0 saturated carbocycles. The lowest BCUT2D eigenvalue weighted by Gasteiger charge is -2.36. The highest BCUT2D eigenvalue weighted by Crippen LogP contribution is 2.33. The van der Waals surface area contributed by atoms with Crippen molar-refractivity contribution in [1.29, 1.82) is 0 Å². The third-order valence-electron chi connectivity index (χ3n) is 4.48. The van der Waals surface area contributed by atoms with Gasteiger partial charge in [-0.05, 0) is 49.7 Å². The fourth-order valence-corrected chi connectivity index (χ4v) is 2.86. The fraction of sp³-hybridized carbons (Fsp3) is 0.350. The van der Waals surface area contributed by atoms with Crippen LogP contribution in [0.15, 0.2) is 42.5 Å². The molecule has 1 amide bonds. The van der Waals surface area contributed by atoms with Crippen LogP contribution in [0, 0.1) is 12.3 Å². The second-order valence-electron chi connectivity index (χ2n) is 6.70. The van der Waals surface area contributed by atoms with E-state index in [4.69, 9.17) is 25.8 Å². The Balaban J connectivity index is 1.64. The number of hydrogen-bond acceptors (Lipinski definition) is 4. The molecule has 1 N–H and O–H groups in total. The summed E-state index contributed by atoms with van der Waals surface area (Å²) >= 11 is 5.90. The Labute approximate surface area is 158 Å². The molecule has 138 valence electrons. The minimum absolute atomic E-state index is 0.139. The van der Waals surface area contributed by atoms with Crippen LogP contribution in [0.1, 0.15) is 24.3 Å². The van der Waals surface area contributed by atoms with Crippen molar-refractivity contribution in [1.82, 2.24) is 0 Å². The van der Waals surface area contributed by atoms with Crippen molar-refractivity contribution in [3.8, 4) is 5.75 Å². The Hall–Kier alpha value is -2.08. The largest absolute Gasteiger partial charge is 0.497 e. The molecule has 0 aromatic heterocycles. The summed E-state index contributed by atoms with van der Waals surface area (Å²) in [5.41, 5.74) is 1.78. The molecule has 0 atom stereocenters. The number of carbonyl (C=O) groups excluding carboxylic acids is 1. The van der Waals surface area contributed by atoms with Crippen molar-refractivity contribution in [3.05, 3.63) is 58.6 Å². The number of methoxy groups -OCH3 is 1. The maximum atomic E-state index is 12.8. The fourth-order valence-electron chi connectivity index (χ4n) is 2.73. The number of rotatable bonds is 4. The number of halogens is 1. The smallest absolute Gasteiger partial charge is 0.235 e. The highest BCUT2D eigenvalue weighted by molar-refractivity contribution is 6.30. The minimum Gasteiger partial charge on any atom is -0.497 e. The first kappa shape index (κ1) is 18.7. The van der Waals surface area contributed by atoms with Gasteiger partial charge in [-0.25, -0.2) is 0 Å². The monoisotopic (exact) mass is 375 g/mol. The van der Waals surface area contributed by atoms with Gasteiger partial charge >= 0.3 is 0 Å². The molecular formula is C20H22ClNO4. The molecule has 1 aliphatic heterocycles. The lowest BCUT2D eigenvalue weighted by Crippen LogP contribution is -2.45. The normalized spacial score (nSPS) is 22.7. The zero-order chi connectivity index (χ0) is 18.7. The molecule has 2 aromatic rings. The van der Waals surface area contributed by atoms with Crippen LogP contribution in [-0.4, -0.2) is 26.2 Å². The quantitative estimate of drug-likeness (QED) is 0.863. The minimum atomic E-state index is -0.769. The predicted molar refractivity (Wildman–Crippen MR) is 101 cm³/mol. The van der Waals surface area contributed by atoms with Crippen LogP contribution in [0.25, 0.3) is 0 Å². The van der Waals surface area contributed by atoms with Crippen molar-refractivity contribution < 1.29 is 19.0 Å². The summed E-state index contributed by atoms with van der Waals surface area (Å²) in [6, 6.07) is 12.8. The first-order valence-electron chi connectivity index (χ1n) is 8.36. The van der Waals surface area contributed by atoms with Crippen molar-refractivity contribution in [2.24, 2.45) is 5.41 Å². The van der Waals surface area contributed by atoms with Gasteiger partial charge in [-0.15, -0.1) is 0 Å². The third kappa shape index (κ3) is 4.01. The summed E-state index contributed by atoms with van der Waals surface area (Å²) in [5.74, 6) is 0.613. The van der Waals surface area contributed by atoms with Gasteiger partial charge in [-0.2, -0.15) is 0 Å². The Morgan fingerprint density at radius 1 is 1.19 bits per heavy atom. The molecule has 2 aromatic carbocycles. The Morgan fingerprint density at radius 3 is 2.42 bits per heavy atom. The van der Waals surface area contributed by atoms with E-state index in [-0.39, 0.29) is 19.1 Å². The van der Waals surface area contributed by atoms with Gasteiger partial charge in [0.1, 0.15) is 5.75 Å². The molecule has 1 heterocycles. The van der Waals surface area contributed by atoms with Crippen molar-refractivity contribution in [2.45, 2.75) is 20.1 Å². The molecule has 3 rings (SSSR count). The topological polar surface area (TPSA) is 56.8 Å². The zero-order valence-electron chi connectivity index (χ0n) is 15.0. The van der Waals surface area contributed by atoms with Gasteiger partial charge in [0.15, 0.2) is 6.29 Å². The van der Waals surface area contributed by atoms with Crippen LogP contribution in [0.3, 0.4) is 0 Å². The summed E-state index contributed by atoms with van der Waals surface area (Å²) in [7, 11) is 1.61. The highest BCUT2D eigenvalue weighted by Gasteiger charge is 2.40. The van der Waals surface area contributed by atoms with Gasteiger partial charge in [-0.3, -0.25) is 4.79 Å². The van der Waals surface area contributed by atoms with Crippen LogP contribution in [0.5, 0.6) is 5.75 Å². The molecule has 1 fully saturated rings. The zero-order valence-corrected chi connectivity index (χ0v) is 15.8. The number of hydrogen-bond donors (Lipinski definition) is 1. The molecule has 0 spiro atoms. The van der Waals surface area contributed by atoms with Gasteiger partial charge in [0.05, 0.1) is 25.7 Å². The number of aryl methyl sites for hydroxylation is 1. The average Bonchev–Trinajstić information content (AvgIpc) is 2.64. The van der Waals surface area contributed by atoms with E-state index in [1.54, 1.807) is 19.2 Å². The molecule has 1 aliphatic rings. The summed E-state index contributed by atoms with van der Waals surface area (Å²) in [6.07, 6.45) is -0.490. The maximum absolute atomic E-state index is 12.8. The molecule has 0 aliphatic carbocycles. The summed E-state index contributed by atoms with van der Waals surface area (Å²) in [6.45, 7) is 4.28. The molecule has 6 heteroatoms. The number of benzene rings is 2. The molecular weight excluding hydrogens is 354 g/mol. The average molecular weight is 376 g/mol. The van der Waals surface area contributed by atoms with E-state index in [1.165, 1.54) is 0 Å². The number of amides is 1. The van der Waals surface area contributed by atoms with Crippen LogP contribution in [0.4, 0.5) is 5.69 Å². The molecule has 0 radical (unpaired) electrons. The van der Waals surface area contributed by atoms with Gasteiger partial charge in [0.25, 0.3) is 0 Å². The molecule has 0 unspecified atom stereocenters. The first-order chi connectivity index (χ1) is 12.4. The Bertz CT molecular complexity index is 783. The van der Waals surface area contributed by atoms with Crippen LogP contribution in [0.2, 0.25) is 5.02 Å². The van der Waals surface area contributed by atoms with Gasteiger partial charge < -0.3 is 19.5 Å². The lowest BCUT2D eigenvalue weighted by atomic mass is 9.90. The second kappa shape index (κ2) is 7.66. The molecule has 26 heavy (non-hydrogen) atoms. The van der Waals surface area contributed by atoms with Gasteiger partial charge in [-0.1, -0.05) is 23.7 Å². The highest BCUT2D eigenvalue weighted by atomic mass is 35.5. The van der Waals surface area contributed by atoms with Gasteiger partial charge in [0.2, 0.25) is 5.91 Å². The first-order valence-corrected chi connectivity index (χ1v) is 8.74. The summed E-state index contributed by atoms with van der Waals surface area (Å²) in [5, 5.41) is 3.62.